The maximum absolute atomic E-state index is 11.4. The first-order valence-corrected chi connectivity index (χ1v) is 4.23. The fourth-order valence-electron chi connectivity index (χ4n) is 2.30. The third kappa shape index (κ3) is 0.820. The van der Waals surface area contributed by atoms with Crippen molar-refractivity contribution in [2.75, 3.05) is 7.11 Å². The van der Waals surface area contributed by atoms with Crippen LogP contribution in [-0.4, -0.2) is 35.9 Å². The Morgan fingerprint density at radius 1 is 1.75 bits per heavy atom. The van der Waals surface area contributed by atoms with Crippen molar-refractivity contribution in [3.8, 4) is 0 Å². The molecule has 2 N–H and O–H groups in total. The van der Waals surface area contributed by atoms with Crippen molar-refractivity contribution >= 4 is 5.97 Å². The number of esters is 1. The first-order chi connectivity index (χ1) is 5.69. The van der Waals surface area contributed by atoms with Crippen LogP contribution in [0.25, 0.3) is 0 Å². The second-order valence-electron chi connectivity index (χ2n) is 3.59. The number of hydrogen-bond donors (Lipinski definition) is 2. The number of fused-ring (bicyclic) bond motifs is 2. The Morgan fingerprint density at radius 2 is 2.50 bits per heavy atom. The van der Waals surface area contributed by atoms with Gasteiger partial charge >= 0.3 is 5.97 Å². The summed E-state index contributed by atoms with van der Waals surface area (Å²) in [6, 6.07) is 0.305. The molecule has 2 bridgehead atoms. The highest BCUT2D eigenvalue weighted by molar-refractivity contribution is 5.83. The van der Waals surface area contributed by atoms with Crippen molar-refractivity contribution in [3.05, 3.63) is 0 Å². The van der Waals surface area contributed by atoms with Crippen LogP contribution in [0.15, 0.2) is 0 Å². The Balaban J connectivity index is 2.23. The second-order valence-corrected chi connectivity index (χ2v) is 3.59. The number of methoxy groups -OCH3 is 1. The zero-order valence-electron chi connectivity index (χ0n) is 7.04. The number of carbonyl (C=O) groups is 1. The number of hydrogen-bond acceptors (Lipinski definition) is 4. The minimum atomic E-state index is -0.778. The Bertz CT molecular complexity index is 218. The third-order valence-corrected chi connectivity index (χ3v) is 2.98. The van der Waals surface area contributed by atoms with E-state index in [2.05, 4.69) is 10.1 Å². The highest BCUT2D eigenvalue weighted by atomic mass is 16.5. The van der Waals surface area contributed by atoms with Gasteiger partial charge in [-0.1, -0.05) is 0 Å². The molecule has 0 radical (unpaired) electrons. The maximum atomic E-state index is 11.4. The van der Waals surface area contributed by atoms with Gasteiger partial charge in [-0.15, -0.1) is 0 Å². The van der Waals surface area contributed by atoms with Gasteiger partial charge in [-0.25, -0.2) is 4.79 Å². The molecule has 4 heteroatoms. The number of carbonyl (C=O) groups excluding carboxylic acids is 1. The van der Waals surface area contributed by atoms with E-state index in [4.69, 9.17) is 0 Å². The molecular formula is C8H13NO3. The van der Waals surface area contributed by atoms with E-state index in [9.17, 15) is 9.90 Å². The molecule has 0 aliphatic carbocycles. The number of ether oxygens (including phenoxy) is 1. The van der Waals surface area contributed by atoms with E-state index in [1.807, 2.05) is 0 Å². The van der Waals surface area contributed by atoms with Crippen LogP contribution in [0.1, 0.15) is 19.3 Å². The summed E-state index contributed by atoms with van der Waals surface area (Å²) in [5.74, 6) is -0.324. The van der Waals surface area contributed by atoms with E-state index in [-0.39, 0.29) is 5.97 Å². The van der Waals surface area contributed by atoms with Crippen LogP contribution in [-0.2, 0) is 9.53 Å². The second kappa shape index (κ2) is 2.44. The van der Waals surface area contributed by atoms with E-state index in [0.29, 0.717) is 18.9 Å². The van der Waals surface area contributed by atoms with Crippen molar-refractivity contribution in [1.82, 2.24) is 5.32 Å². The van der Waals surface area contributed by atoms with Gasteiger partial charge in [-0.3, -0.25) is 5.32 Å². The highest BCUT2D eigenvalue weighted by Crippen LogP contribution is 2.38. The van der Waals surface area contributed by atoms with Gasteiger partial charge < -0.3 is 9.84 Å². The van der Waals surface area contributed by atoms with Gasteiger partial charge in [0.05, 0.1) is 13.2 Å². The molecule has 2 saturated heterocycles. The molecule has 0 saturated carbocycles. The molecule has 2 aliphatic heterocycles. The van der Waals surface area contributed by atoms with Crippen LogP contribution in [0, 0.1) is 0 Å². The zero-order chi connectivity index (χ0) is 8.77. The summed E-state index contributed by atoms with van der Waals surface area (Å²) >= 11 is 0. The van der Waals surface area contributed by atoms with E-state index in [1.165, 1.54) is 7.11 Å². The van der Waals surface area contributed by atoms with Crippen LogP contribution in [0.2, 0.25) is 0 Å². The molecule has 4 nitrogen and oxygen atoms in total. The van der Waals surface area contributed by atoms with E-state index in [1.54, 1.807) is 0 Å². The highest BCUT2D eigenvalue weighted by Gasteiger charge is 2.57. The molecule has 2 aliphatic rings. The SMILES string of the molecule is COC(=O)[C@@]12CC[C@@H](C[C@H]1O)N2. The number of aliphatic hydroxyl groups is 1. The molecule has 0 aromatic rings. The van der Waals surface area contributed by atoms with Crippen molar-refractivity contribution in [2.24, 2.45) is 0 Å². The standard InChI is InChI=1S/C8H13NO3/c1-12-7(11)8-3-2-5(9-8)4-6(8)10/h5-6,9-10H,2-4H2,1H3/t5-,6+,8+/m0/s1. The molecule has 0 amide bonds. The molecule has 0 aromatic heterocycles. The summed E-state index contributed by atoms with van der Waals surface area (Å²) in [4.78, 5) is 11.4. The Kier molecular flexibility index (Phi) is 1.63. The van der Waals surface area contributed by atoms with Crippen molar-refractivity contribution < 1.29 is 14.6 Å². The molecule has 12 heavy (non-hydrogen) atoms. The van der Waals surface area contributed by atoms with Crippen LogP contribution >= 0.6 is 0 Å². The summed E-state index contributed by atoms with van der Waals surface area (Å²) in [5.41, 5.74) is -0.778. The molecule has 0 unspecified atom stereocenters. The van der Waals surface area contributed by atoms with Gasteiger partial charge in [-0.2, -0.15) is 0 Å². The lowest BCUT2D eigenvalue weighted by Crippen LogP contribution is -2.53. The third-order valence-electron chi connectivity index (χ3n) is 2.98. The van der Waals surface area contributed by atoms with Gasteiger partial charge in [0.1, 0.15) is 5.54 Å². The first kappa shape index (κ1) is 8.01. The lowest BCUT2D eigenvalue weighted by Gasteiger charge is -2.27. The number of aliphatic hydroxyl groups excluding tert-OH is 1. The number of nitrogens with one attached hydrogen (secondary N) is 1. The Morgan fingerprint density at radius 3 is 2.92 bits per heavy atom. The average Bonchev–Trinajstić information content (AvgIpc) is 2.60. The molecule has 2 heterocycles. The van der Waals surface area contributed by atoms with Gasteiger partial charge in [0.2, 0.25) is 0 Å². The minimum absolute atomic E-state index is 0.305. The minimum Gasteiger partial charge on any atom is -0.468 e. The van der Waals surface area contributed by atoms with Gasteiger partial charge in [0.15, 0.2) is 0 Å². The summed E-state index contributed by atoms with van der Waals surface area (Å²) in [6.45, 7) is 0. The Labute approximate surface area is 70.9 Å². The van der Waals surface area contributed by atoms with Gasteiger partial charge in [0, 0.05) is 6.04 Å². The molecule has 2 fully saturated rings. The van der Waals surface area contributed by atoms with Crippen LogP contribution in [0.5, 0.6) is 0 Å². The molecule has 0 spiro atoms. The molecule has 3 atom stereocenters. The van der Waals surface area contributed by atoms with Crippen molar-refractivity contribution in [1.29, 1.82) is 0 Å². The maximum Gasteiger partial charge on any atom is 0.328 e. The van der Waals surface area contributed by atoms with Crippen LogP contribution in [0.4, 0.5) is 0 Å². The van der Waals surface area contributed by atoms with Crippen molar-refractivity contribution in [2.45, 2.75) is 36.9 Å². The molecule has 68 valence electrons. The van der Waals surface area contributed by atoms with E-state index >= 15 is 0 Å². The molecule has 2 rings (SSSR count). The predicted molar refractivity (Wildman–Crippen MR) is 41.5 cm³/mol. The smallest absolute Gasteiger partial charge is 0.328 e. The monoisotopic (exact) mass is 171 g/mol. The summed E-state index contributed by atoms with van der Waals surface area (Å²) < 4.78 is 4.66. The van der Waals surface area contributed by atoms with Crippen molar-refractivity contribution in [3.63, 3.8) is 0 Å². The first-order valence-electron chi connectivity index (χ1n) is 4.23. The zero-order valence-corrected chi connectivity index (χ0v) is 7.04. The lowest BCUT2D eigenvalue weighted by atomic mass is 9.85. The van der Waals surface area contributed by atoms with Gasteiger partial charge in [-0.05, 0) is 19.3 Å². The topological polar surface area (TPSA) is 58.6 Å². The normalized spacial score (nSPS) is 44.8. The molecular weight excluding hydrogens is 158 g/mol. The Hall–Kier alpha value is -0.610. The fourth-order valence-corrected chi connectivity index (χ4v) is 2.30. The number of rotatable bonds is 1. The average molecular weight is 171 g/mol. The predicted octanol–water partition coefficient (Wildman–Crippen LogP) is -0.585. The summed E-state index contributed by atoms with van der Waals surface area (Å²) in [5, 5.41) is 12.7. The molecule has 0 aromatic carbocycles. The van der Waals surface area contributed by atoms with Crippen LogP contribution in [0.3, 0.4) is 0 Å². The van der Waals surface area contributed by atoms with Gasteiger partial charge in [0.25, 0.3) is 0 Å². The summed E-state index contributed by atoms with van der Waals surface area (Å²) in [6.07, 6.45) is 1.77. The fraction of sp³-hybridized carbons (Fsp3) is 0.875. The van der Waals surface area contributed by atoms with E-state index in [0.717, 1.165) is 6.42 Å². The largest absolute Gasteiger partial charge is 0.468 e. The van der Waals surface area contributed by atoms with E-state index < -0.39 is 11.6 Å². The lowest BCUT2D eigenvalue weighted by molar-refractivity contribution is -0.151. The van der Waals surface area contributed by atoms with Crippen LogP contribution < -0.4 is 5.32 Å². The summed E-state index contributed by atoms with van der Waals surface area (Å²) in [7, 11) is 1.36. The quantitative estimate of drug-likeness (QED) is 0.518.